The van der Waals surface area contributed by atoms with E-state index in [9.17, 15) is 0 Å². The van der Waals surface area contributed by atoms with Crippen LogP contribution in [0, 0.1) is 0 Å². The fourth-order valence-corrected chi connectivity index (χ4v) is 2.22. The van der Waals surface area contributed by atoms with E-state index in [1.807, 2.05) is 36.4 Å². The number of ether oxygens (including phenoxy) is 3. The Labute approximate surface area is 131 Å². The fraction of sp³-hybridized carbons (Fsp3) is 0.333. The summed E-state index contributed by atoms with van der Waals surface area (Å²) in [5, 5.41) is 0. The molecule has 0 aliphatic heterocycles. The number of rotatable bonds is 8. The molecule has 2 aromatic carbocycles. The molecular formula is C18H23NO3. The van der Waals surface area contributed by atoms with Gasteiger partial charge in [-0.05, 0) is 54.8 Å². The zero-order valence-electron chi connectivity index (χ0n) is 13.2. The summed E-state index contributed by atoms with van der Waals surface area (Å²) in [4.78, 5) is 0. The molecule has 0 fully saturated rings. The standard InChI is InChI=1S/C18H23NO3/c1-20-16-7-3-5-15(11-16)13-22-17-9-8-14(6-4-10-19)12-18(17)21-2/h3,5,7-9,11-12H,4,6,10,13,19H2,1-2H3. The zero-order chi connectivity index (χ0) is 15.8. The molecule has 0 spiro atoms. The number of nitrogens with two attached hydrogens (primary N) is 1. The second-order valence-electron chi connectivity index (χ2n) is 5.02. The van der Waals surface area contributed by atoms with Gasteiger partial charge in [-0.15, -0.1) is 0 Å². The first-order valence-corrected chi connectivity index (χ1v) is 7.39. The monoisotopic (exact) mass is 301 g/mol. The van der Waals surface area contributed by atoms with Crippen molar-refractivity contribution in [1.82, 2.24) is 0 Å². The predicted octanol–water partition coefficient (Wildman–Crippen LogP) is 3.17. The van der Waals surface area contributed by atoms with Crippen molar-refractivity contribution in [1.29, 1.82) is 0 Å². The van der Waals surface area contributed by atoms with Gasteiger partial charge in [-0.2, -0.15) is 0 Å². The van der Waals surface area contributed by atoms with Crippen LogP contribution in [0.3, 0.4) is 0 Å². The van der Waals surface area contributed by atoms with Gasteiger partial charge < -0.3 is 19.9 Å². The topological polar surface area (TPSA) is 53.7 Å². The number of hydrogen-bond donors (Lipinski definition) is 1. The largest absolute Gasteiger partial charge is 0.497 e. The van der Waals surface area contributed by atoms with E-state index in [4.69, 9.17) is 19.9 Å². The van der Waals surface area contributed by atoms with E-state index in [2.05, 4.69) is 6.07 Å². The van der Waals surface area contributed by atoms with E-state index in [0.29, 0.717) is 13.2 Å². The van der Waals surface area contributed by atoms with E-state index in [1.54, 1.807) is 14.2 Å². The van der Waals surface area contributed by atoms with Crippen molar-refractivity contribution in [3.05, 3.63) is 53.6 Å². The summed E-state index contributed by atoms with van der Waals surface area (Å²) in [5.41, 5.74) is 7.80. The lowest BCUT2D eigenvalue weighted by Crippen LogP contribution is -2.01. The third-order valence-electron chi connectivity index (χ3n) is 3.43. The van der Waals surface area contributed by atoms with Gasteiger partial charge in [-0.1, -0.05) is 18.2 Å². The molecule has 2 rings (SSSR count). The van der Waals surface area contributed by atoms with E-state index in [1.165, 1.54) is 5.56 Å². The van der Waals surface area contributed by atoms with Crippen molar-refractivity contribution in [3.8, 4) is 17.2 Å². The molecule has 0 bridgehead atoms. The average Bonchev–Trinajstić information content (AvgIpc) is 2.58. The molecule has 4 heteroatoms. The summed E-state index contributed by atoms with van der Waals surface area (Å²) in [7, 11) is 3.31. The van der Waals surface area contributed by atoms with Crippen LogP contribution in [0.25, 0.3) is 0 Å². The van der Waals surface area contributed by atoms with Crippen molar-refractivity contribution < 1.29 is 14.2 Å². The summed E-state index contributed by atoms with van der Waals surface area (Å²) in [6, 6.07) is 13.8. The molecule has 0 unspecified atom stereocenters. The Morgan fingerprint density at radius 1 is 0.909 bits per heavy atom. The normalized spacial score (nSPS) is 10.3. The number of aryl methyl sites for hydroxylation is 1. The summed E-state index contributed by atoms with van der Waals surface area (Å²) < 4.78 is 16.5. The van der Waals surface area contributed by atoms with Crippen LogP contribution in [0.5, 0.6) is 17.2 Å². The molecule has 0 aromatic heterocycles. The molecule has 2 aromatic rings. The van der Waals surface area contributed by atoms with Gasteiger partial charge in [-0.25, -0.2) is 0 Å². The molecule has 0 saturated heterocycles. The van der Waals surface area contributed by atoms with Crippen LogP contribution in [0.2, 0.25) is 0 Å². The average molecular weight is 301 g/mol. The van der Waals surface area contributed by atoms with E-state index in [0.717, 1.165) is 35.7 Å². The first-order valence-electron chi connectivity index (χ1n) is 7.39. The van der Waals surface area contributed by atoms with Crippen molar-refractivity contribution in [2.24, 2.45) is 5.73 Å². The molecule has 22 heavy (non-hydrogen) atoms. The minimum atomic E-state index is 0.468. The lowest BCUT2D eigenvalue weighted by atomic mass is 10.1. The first-order chi connectivity index (χ1) is 10.8. The van der Waals surface area contributed by atoms with Gasteiger partial charge in [0.05, 0.1) is 14.2 Å². The van der Waals surface area contributed by atoms with E-state index < -0.39 is 0 Å². The lowest BCUT2D eigenvalue weighted by molar-refractivity contribution is 0.283. The minimum absolute atomic E-state index is 0.468. The molecule has 0 heterocycles. The van der Waals surface area contributed by atoms with Crippen LogP contribution < -0.4 is 19.9 Å². The van der Waals surface area contributed by atoms with Gasteiger partial charge in [0.25, 0.3) is 0 Å². The molecule has 0 radical (unpaired) electrons. The van der Waals surface area contributed by atoms with Gasteiger partial charge in [-0.3, -0.25) is 0 Å². The Bertz CT molecular complexity index is 599. The third kappa shape index (κ3) is 4.40. The van der Waals surface area contributed by atoms with E-state index >= 15 is 0 Å². The van der Waals surface area contributed by atoms with Crippen molar-refractivity contribution in [2.75, 3.05) is 20.8 Å². The molecule has 0 aliphatic carbocycles. The number of benzene rings is 2. The smallest absolute Gasteiger partial charge is 0.161 e. The molecule has 0 atom stereocenters. The van der Waals surface area contributed by atoms with Crippen molar-refractivity contribution >= 4 is 0 Å². The Morgan fingerprint density at radius 2 is 1.77 bits per heavy atom. The molecule has 0 saturated carbocycles. The molecule has 118 valence electrons. The Hall–Kier alpha value is -2.20. The SMILES string of the molecule is COc1cccc(COc2ccc(CCCN)cc2OC)c1. The van der Waals surface area contributed by atoms with Crippen LogP contribution in [0.15, 0.2) is 42.5 Å². The molecular weight excluding hydrogens is 278 g/mol. The number of methoxy groups -OCH3 is 2. The van der Waals surface area contributed by atoms with Gasteiger partial charge in [0.1, 0.15) is 12.4 Å². The molecule has 0 aliphatic rings. The third-order valence-corrected chi connectivity index (χ3v) is 3.43. The maximum absolute atomic E-state index is 5.87. The fourth-order valence-electron chi connectivity index (χ4n) is 2.22. The van der Waals surface area contributed by atoms with Crippen LogP contribution in [-0.4, -0.2) is 20.8 Å². The highest BCUT2D eigenvalue weighted by atomic mass is 16.5. The Balaban J connectivity index is 2.05. The quantitative estimate of drug-likeness (QED) is 0.813. The van der Waals surface area contributed by atoms with Crippen molar-refractivity contribution in [3.63, 3.8) is 0 Å². The highest BCUT2D eigenvalue weighted by Crippen LogP contribution is 2.29. The molecule has 2 N–H and O–H groups in total. The van der Waals surface area contributed by atoms with Gasteiger partial charge in [0.2, 0.25) is 0 Å². The van der Waals surface area contributed by atoms with Gasteiger partial charge in [0.15, 0.2) is 11.5 Å². The summed E-state index contributed by atoms with van der Waals surface area (Å²) in [6.07, 6.45) is 1.91. The van der Waals surface area contributed by atoms with Crippen LogP contribution in [0.4, 0.5) is 0 Å². The predicted molar refractivity (Wildman–Crippen MR) is 87.7 cm³/mol. The summed E-state index contributed by atoms with van der Waals surface area (Å²) in [5.74, 6) is 2.31. The second-order valence-corrected chi connectivity index (χ2v) is 5.02. The second kappa shape index (κ2) is 8.29. The molecule has 4 nitrogen and oxygen atoms in total. The molecule has 0 amide bonds. The van der Waals surface area contributed by atoms with E-state index in [-0.39, 0.29) is 0 Å². The van der Waals surface area contributed by atoms with Gasteiger partial charge in [0, 0.05) is 0 Å². The zero-order valence-corrected chi connectivity index (χ0v) is 13.2. The van der Waals surface area contributed by atoms with Crippen LogP contribution in [0.1, 0.15) is 17.5 Å². The Kier molecular flexibility index (Phi) is 6.10. The maximum Gasteiger partial charge on any atom is 0.161 e. The summed E-state index contributed by atoms with van der Waals surface area (Å²) >= 11 is 0. The van der Waals surface area contributed by atoms with Gasteiger partial charge >= 0.3 is 0 Å². The highest BCUT2D eigenvalue weighted by Gasteiger charge is 2.06. The van der Waals surface area contributed by atoms with Crippen LogP contribution in [-0.2, 0) is 13.0 Å². The first kappa shape index (κ1) is 16.2. The van der Waals surface area contributed by atoms with Crippen molar-refractivity contribution in [2.45, 2.75) is 19.4 Å². The minimum Gasteiger partial charge on any atom is -0.497 e. The lowest BCUT2D eigenvalue weighted by Gasteiger charge is -2.12. The summed E-state index contributed by atoms with van der Waals surface area (Å²) in [6.45, 7) is 1.16. The maximum atomic E-state index is 5.87. The highest BCUT2D eigenvalue weighted by molar-refractivity contribution is 5.43. The Morgan fingerprint density at radius 3 is 2.50 bits per heavy atom. The number of hydrogen-bond acceptors (Lipinski definition) is 4. The van der Waals surface area contributed by atoms with Crippen LogP contribution >= 0.6 is 0 Å².